The fourth-order valence-electron chi connectivity index (χ4n) is 6.57. The summed E-state index contributed by atoms with van der Waals surface area (Å²) in [6.45, 7) is -0.404. The highest BCUT2D eigenvalue weighted by Gasteiger charge is 2.75. The molecule has 2 unspecified atom stereocenters. The van der Waals surface area contributed by atoms with Gasteiger partial charge in [-0.3, -0.25) is 14.4 Å². The molecule has 6 atom stereocenters. The third-order valence-corrected chi connectivity index (χ3v) is 8.48. The first-order valence-corrected chi connectivity index (χ1v) is 13.4. The minimum Gasteiger partial charge on any atom is -0.394 e. The first-order valence-electron chi connectivity index (χ1n) is 13.0. The van der Waals surface area contributed by atoms with E-state index in [0.717, 1.165) is 0 Å². The first kappa shape index (κ1) is 25.6. The minimum absolute atomic E-state index is 0.321. The quantitative estimate of drug-likeness (QED) is 0.415. The van der Waals surface area contributed by atoms with Crippen LogP contribution in [0.3, 0.4) is 0 Å². The summed E-state index contributed by atoms with van der Waals surface area (Å²) < 4.78 is 6.49. The van der Waals surface area contributed by atoms with Gasteiger partial charge in [-0.2, -0.15) is 0 Å². The Balaban J connectivity index is 1.41. The highest BCUT2D eigenvalue weighted by Crippen LogP contribution is 2.60. The Morgan fingerprint density at radius 3 is 2.33 bits per heavy atom. The Kier molecular flexibility index (Phi) is 6.62. The molecule has 8 nitrogen and oxygen atoms in total. The third kappa shape index (κ3) is 4.19. The number of rotatable bonds is 7. The van der Waals surface area contributed by atoms with E-state index in [9.17, 15) is 19.5 Å². The maximum atomic E-state index is 14.3. The van der Waals surface area contributed by atoms with Crippen molar-refractivity contribution in [3.63, 3.8) is 0 Å². The molecule has 3 fully saturated rings. The second-order valence-corrected chi connectivity index (χ2v) is 10.6. The predicted octanol–water partition coefficient (Wildman–Crippen LogP) is 4.03. The number of aliphatic hydroxyl groups is 1. The fourth-order valence-corrected chi connectivity index (χ4v) is 6.75. The lowest BCUT2D eigenvalue weighted by Crippen LogP contribution is -2.54. The van der Waals surface area contributed by atoms with Gasteiger partial charge in [0.2, 0.25) is 17.7 Å². The molecule has 3 aromatic carbocycles. The molecule has 0 saturated carbocycles. The SMILES string of the molecule is O=C(Nc1ccccc1Cl)C1N([C@H](CO)c2ccccc2)C(=O)[C@@H]2[C@H](C(=O)Nc3ccccc3)[C@@H]3CCC12O3. The van der Waals surface area contributed by atoms with Gasteiger partial charge in [0.25, 0.3) is 0 Å². The average Bonchev–Trinajstić information content (AvgIpc) is 3.59. The van der Waals surface area contributed by atoms with E-state index in [1.807, 2.05) is 36.4 Å². The molecule has 3 aromatic rings. The van der Waals surface area contributed by atoms with Gasteiger partial charge in [0.05, 0.1) is 41.3 Å². The summed E-state index contributed by atoms with van der Waals surface area (Å²) in [6, 6.07) is 23.1. The molecule has 9 heteroatoms. The molecule has 3 heterocycles. The van der Waals surface area contributed by atoms with Crippen LogP contribution in [-0.2, 0) is 19.1 Å². The number of carbonyl (C=O) groups excluding carboxylic acids is 3. The minimum atomic E-state index is -1.21. The average molecular weight is 546 g/mol. The van der Waals surface area contributed by atoms with Crippen LogP contribution in [0.1, 0.15) is 24.4 Å². The molecular formula is C30H28ClN3O5. The van der Waals surface area contributed by atoms with Crippen molar-refractivity contribution in [3.05, 3.63) is 95.5 Å². The van der Waals surface area contributed by atoms with Crippen LogP contribution < -0.4 is 10.6 Å². The van der Waals surface area contributed by atoms with Crippen LogP contribution in [0.5, 0.6) is 0 Å². The van der Waals surface area contributed by atoms with Gasteiger partial charge < -0.3 is 25.4 Å². The van der Waals surface area contributed by atoms with E-state index in [4.69, 9.17) is 16.3 Å². The Hall–Kier alpha value is -3.72. The van der Waals surface area contributed by atoms with Crippen molar-refractivity contribution < 1.29 is 24.2 Å². The van der Waals surface area contributed by atoms with Gasteiger partial charge in [-0.15, -0.1) is 0 Å². The number of nitrogens with one attached hydrogen (secondary N) is 2. The lowest BCUT2D eigenvalue weighted by Gasteiger charge is -2.36. The van der Waals surface area contributed by atoms with E-state index in [0.29, 0.717) is 34.8 Å². The summed E-state index contributed by atoms with van der Waals surface area (Å²) >= 11 is 6.34. The highest BCUT2D eigenvalue weighted by molar-refractivity contribution is 6.33. The number of aliphatic hydroxyl groups excluding tert-OH is 1. The molecule has 3 saturated heterocycles. The zero-order valence-electron chi connectivity index (χ0n) is 21.0. The number of para-hydroxylation sites is 2. The summed E-state index contributed by atoms with van der Waals surface area (Å²) in [7, 11) is 0. The van der Waals surface area contributed by atoms with Crippen LogP contribution in [0.15, 0.2) is 84.9 Å². The number of hydrogen-bond acceptors (Lipinski definition) is 5. The molecule has 2 bridgehead atoms. The molecule has 3 N–H and O–H groups in total. The van der Waals surface area contributed by atoms with Crippen molar-refractivity contribution in [1.82, 2.24) is 4.90 Å². The van der Waals surface area contributed by atoms with Gasteiger partial charge in [-0.05, 0) is 42.7 Å². The van der Waals surface area contributed by atoms with Gasteiger partial charge >= 0.3 is 0 Å². The number of benzene rings is 3. The molecule has 3 aliphatic heterocycles. The summed E-state index contributed by atoms with van der Waals surface area (Å²) in [5.74, 6) is -2.83. The monoisotopic (exact) mass is 545 g/mol. The van der Waals surface area contributed by atoms with Crippen LogP contribution in [0, 0.1) is 11.8 Å². The molecule has 6 rings (SSSR count). The van der Waals surface area contributed by atoms with Gasteiger partial charge in [-0.25, -0.2) is 0 Å². The lowest BCUT2D eigenvalue weighted by atomic mass is 9.70. The van der Waals surface area contributed by atoms with Crippen molar-refractivity contribution in [2.45, 2.75) is 36.6 Å². The number of halogens is 1. The molecule has 3 amide bonds. The van der Waals surface area contributed by atoms with E-state index in [1.54, 1.807) is 48.5 Å². The molecule has 1 spiro atoms. The Morgan fingerprint density at radius 1 is 0.974 bits per heavy atom. The van der Waals surface area contributed by atoms with E-state index < -0.39 is 48.1 Å². The largest absolute Gasteiger partial charge is 0.394 e. The maximum Gasteiger partial charge on any atom is 0.250 e. The smallest absolute Gasteiger partial charge is 0.250 e. The lowest BCUT2D eigenvalue weighted by molar-refractivity contribution is -0.143. The number of nitrogens with zero attached hydrogens (tertiary/aromatic N) is 1. The summed E-state index contributed by atoms with van der Waals surface area (Å²) in [5.41, 5.74) is 0.489. The van der Waals surface area contributed by atoms with Crippen molar-refractivity contribution in [2.75, 3.05) is 17.2 Å². The van der Waals surface area contributed by atoms with Gasteiger partial charge in [0.15, 0.2) is 0 Å². The van der Waals surface area contributed by atoms with E-state index >= 15 is 0 Å². The van der Waals surface area contributed by atoms with Crippen molar-refractivity contribution in [3.8, 4) is 0 Å². The number of hydrogen-bond donors (Lipinski definition) is 3. The second kappa shape index (κ2) is 10.1. The van der Waals surface area contributed by atoms with Crippen LogP contribution in [-0.4, -0.2) is 52.1 Å². The van der Waals surface area contributed by atoms with Crippen molar-refractivity contribution in [2.24, 2.45) is 11.8 Å². The zero-order valence-corrected chi connectivity index (χ0v) is 21.8. The third-order valence-electron chi connectivity index (χ3n) is 8.16. The van der Waals surface area contributed by atoms with Gasteiger partial charge in [0, 0.05) is 5.69 Å². The number of likely N-dealkylation sites (tertiary alicyclic amines) is 1. The Morgan fingerprint density at radius 2 is 1.64 bits per heavy atom. The Bertz CT molecular complexity index is 1400. The van der Waals surface area contributed by atoms with Crippen molar-refractivity contribution in [1.29, 1.82) is 0 Å². The number of ether oxygens (including phenoxy) is 1. The van der Waals surface area contributed by atoms with Gasteiger partial charge in [0.1, 0.15) is 11.6 Å². The van der Waals surface area contributed by atoms with E-state index in [2.05, 4.69) is 10.6 Å². The normalized spacial score (nSPS) is 27.7. The summed E-state index contributed by atoms with van der Waals surface area (Å²) in [6.07, 6.45) is 0.479. The number of amides is 3. The standard InChI is InChI=1S/C30H28ClN3O5/c31-20-13-7-8-14-21(20)33-28(37)26-30-16-15-23(39-30)24(27(36)32-19-11-5-2-6-12-19)25(30)29(38)34(26)22(17-35)18-9-3-1-4-10-18/h1-14,22-26,35H,15-17H2,(H,32,36)(H,33,37)/t22-,23+,24-,25+,26?,30?/m1/s1. The number of fused-ring (bicyclic) bond motifs is 1. The van der Waals surface area contributed by atoms with Crippen LogP contribution in [0.2, 0.25) is 5.02 Å². The molecule has 0 radical (unpaired) electrons. The number of anilines is 2. The molecule has 3 aliphatic rings. The predicted molar refractivity (Wildman–Crippen MR) is 146 cm³/mol. The number of carbonyl (C=O) groups is 3. The molecular weight excluding hydrogens is 518 g/mol. The Labute approximate surface area is 230 Å². The molecule has 0 aliphatic carbocycles. The summed E-state index contributed by atoms with van der Waals surface area (Å²) in [5, 5.41) is 16.7. The second-order valence-electron chi connectivity index (χ2n) is 10.2. The molecule has 39 heavy (non-hydrogen) atoms. The topological polar surface area (TPSA) is 108 Å². The maximum absolute atomic E-state index is 14.3. The van der Waals surface area contributed by atoms with Crippen LogP contribution >= 0.6 is 11.6 Å². The van der Waals surface area contributed by atoms with E-state index in [-0.39, 0.29) is 11.8 Å². The highest BCUT2D eigenvalue weighted by atomic mass is 35.5. The fraction of sp³-hybridized carbons (Fsp3) is 0.300. The molecule has 0 aromatic heterocycles. The van der Waals surface area contributed by atoms with Crippen LogP contribution in [0.4, 0.5) is 11.4 Å². The molecule has 200 valence electrons. The van der Waals surface area contributed by atoms with Gasteiger partial charge in [-0.1, -0.05) is 72.3 Å². The van der Waals surface area contributed by atoms with Crippen molar-refractivity contribution >= 4 is 40.7 Å². The van der Waals surface area contributed by atoms with E-state index in [1.165, 1.54) is 4.90 Å². The summed E-state index contributed by atoms with van der Waals surface area (Å²) in [4.78, 5) is 43.4. The zero-order chi connectivity index (χ0) is 27.1. The first-order chi connectivity index (χ1) is 18.9. The van der Waals surface area contributed by atoms with Crippen LogP contribution in [0.25, 0.3) is 0 Å².